The summed E-state index contributed by atoms with van der Waals surface area (Å²) in [7, 11) is 8.51. The molecule has 0 bridgehead atoms. The van der Waals surface area contributed by atoms with E-state index in [1.807, 2.05) is 0 Å². The molecule has 3 heteroatoms. The van der Waals surface area contributed by atoms with Gasteiger partial charge in [-0.2, -0.15) is 0 Å². The molecule has 0 aromatic heterocycles. The molecule has 1 heterocycles. The van der Waals surface area contributed by atoms with Crippen molar-refractivity contribution in [2.75, 3.05) is 33.1 Å². The predicted octanol–water partition coefficient (Wildman–Crippen LogP) is 4.69. The Bertz CT molecular complexity index is 1250. The summed E-state index contributed by atoms with van der Waals surface area (Å²) in [6.45, 7) is 6.71. The van der Waals surface area contributed by atoms with Crippen LogP contribution in [0, 0.1) is 20.8 Å². The zero-order chi connectivity index (χ0) is 20.9. The van der Waals surface area contributed by atoms with Crippen LogP contribution in [-0.4, -0.2) is 48.6 Å². The van der Waals surface area contributed by atoms with E-state index in [4.69, 9.17) is 0 Å². The zero-order valence-corrected chi connectivity index (χ0v) is 20.8. The first kappa shape index (κ1) is 20.2. The van der Waals surface area contributed by atoms with Crippen LogP contribution in [0.4, 0.5) is 5.69 Å². The molecule has 4 rings (SSSR count). The number of aryl methyl sites for hydroxylation is 3. The molecule has 148 valence electrons. The van der Waals surface area contributed by atoms with Gasteiger partial charge in [0, 0.05) is 0 Å². The SMILES string of the molecule is Cc1cc(C)c(-c2c3ccc(=[N+](C)C)cc-3[te]c3cc(N(C)C)ccc23)c(C)c1. The summed E-state index contributed by atoms with van der Waals surface area (Å²) < 4.78 is 5.29. The van der Waals surface area contributed by atoms with E-state index in [0.717, 1.165) is 0 Å². The van der Waals surface area contributed by atoms with Crippen LogP contribution in [0.25, 0.3) is 29.1 Å². The molecule has 0 saturated carbocycles. The summed E-state index contributed by atoms with van der Waals surface area (Å²) in [4.78, 5) is 2.21. The van der Waals surface area contributed by atoms with Crippen molar-refractivity contribution in [2.45, 2.75) is 20.8 Å². The van der Waals surface area contributed by atoms with Crippen LogP contribution in [0.3, 0.4) is 0 Å². The summed E-state index contributed by atoms with van der Waals surface area (Å²) in [6, 6.07) is 18.7. The Balaban J connectivity index is 2.20. The van der Waals surface area contributed by atoms with Gasteiger partial charge in [0.2, 0.25) is 0 Å². The second-order valence-electron chi connectivity index (χ2n) is 8.40. The predicted molar refractivity (Wildman–Crippen MR) is 129 cm³/mol. The van der Waals surface area contributed by atoms with Gasteiger partial charge in [0.25, 0.3) is 0 Å². The zero-order valence-electron chi connectivity index (χ0n) is 18.4. The first-order valence-corrected chi connectivity index (χ1v) is 12.4. The quantitative estimate of drug-likeness (QED) is 0.222. The normalized spacial score (nSPS) is 11.3. The maximum atomic E-state index is 2.42. The summed E-state index contributed by atoms with van der Waals surface area (Å²) in [5.41, 5.74) is 9.60. The molecule has 1 aliphatic carbocycles. The average Bonchev–Trinajstić information content (AvgIpc) is 2.65. The fourth-order valence-electron chi connectivity index (χ4n) is 4.27. The molecule has 0 N–H and O–H groups in total. The van der Waals surface area contributed by atoms with E-state index >= 15 is 0 Å². The second kappa shape index (κ2) is 7.63. The molecule has 0 atom stereocenters. The van der Waals surface area contributed by atoms with Crippen molar-refractivity contribution in [2.24, 2.45) is 0 Å². The Morgan fingerprint density at radius 3 is 2.10 bits per heavy atom. The van der Waals surface area contributed by atoms with Gasteiger partial charge in [0.05, 0.1) is 0 Å². The Kier molecular flexibility index (Phi) is 5.32. The Hall–Kier alpha value is -2.08. The number of nitrogens with zero attached hydrogens (tertiary/aromatic N) is 2. The van der Waals surface area contributed by atoms with Crippen molar-refractivity contribution < 1.29 is 0 Å². The second-order valence-corrected chi connectivity index (χ2v) is 11.5. The van der Waals surface area contributed by atoms with E-state index in [1.165, 1.54) is 49.8 Å². The first-order valence-electron chi connectivity index (χ1n) is 10.0. The van der Waals surface area contributed by atoms with E-state index < -0.39 is 20.4 Å². The van der Waals surface area contributed by atoms with Crippen LogP contribution >= 0.6 is 0 Å². The molecule has 2 aliphatic rings. The number of fused-ring (bicyclic) bond motifs is 2. The summed E-state index contributed by atoms with van der Waals surface area (Å²) in [5, 5.41) is 2.72. The van der Waals surface area contributed by atoms with Crippen LogP contribution in [0.15, 0.2) is 48.5 Å². The number of hydrogen-bond acceptors (Lipinski definition) is 1. The molecular weight excluding hydrogens is 468 g/mol. The van der Waals surface area contributed by atoms with Crippen LogP contribution in [0.1, 0.15) is 16.7 Å². The first-order chi connectivity index (χ1) is 13.8. The van der Waals surface area contributed by atoms with E-state index in [-0.39, 0.29) is 0 Å². The molecule has 1 aliphatic heterocycles. The van der Waals surface area contributed by atoms with Crippen LogP contribution in [0.2, 0.25) is 0 Å². The summed E-state index contributed by atoms with van der Waals surface area (Å²) in [5.74, 6) is 0. The molecule has 2 aromatic rings. The molecule has 29 heavy (non-hydrogen) atoms. The third-order valence-electron chi connectivity index (χ3n) is 5.65. The van der Waals surface area contributed by atoms with Crippen molar-refractivity contribution in [3.63, 3.8) is 0 Å². The van der Waals surface area contributed by atoms with Gasteiger partial charge in [-0.3, -0.25) is 0 Å². The average molecular weight is 497 g/mol. The fraction of sp³-hybridized carbons (Fsp3) is 0.269. The Morgan fingerprint density at radius 2 is 1.48 bits per heavy atom. The molecule has 0 saturated heterocycles. The van der Waals surface area contributed by atoms with Gasteiger partial charge in [-0.15, -0.1) is 0 Å². The fourth-order valence-corrected chi connectivity index (χ4v) is 7.57. The minimum absolute atomic E-state index is 0.448. The molecule has 2 nitrogen and oxygen atoms in total. The number of rotatable bonds is 2. The van der Waals surface area contributed by atoms with E-state index in [0.29, 0.717) is 0 Å². The van der Waals surface area contributed by atoms with Crippen molar-refractivity contribution in [3.05, 3.63) is 70.6 Å². The van der Waals surface area contributed by atoms with Gasteiger partial charge < -0.3 is 0 Å². The molecular formula is C26H29N2Te+. The van der Waals surface area contributed by atoms with Crippen LogP contribution in [-0.2, 0) is 0 Å². The van der Waals surface area contributed by atoms with E-state index in [9.17, 15) is 0 Å². The molecule has 0 amide bonds. The molecule has 2 aromatic carbocycles. The van der Waals surface area contributed by atoms with E-state index in [1.54, 1.807) is 6.98 Å². The van der Waals surface area contributed by atoms with Crippen molar-refractivity contribution in [1.29, 1.82) is 0 Å². The third kappa shape index (κ3) is 3.63. The van der Waals surface area contributed by atoms with Crippen LogP contribution < -0.4 is 14.8 Å². The van der Waals surface area contributed by atoms with Crippen LogP contribution in [0.5, 0.6) is 0 Å². The standard InChI is InChI=1S/C26H29N2Te/c1-16-12-17(2)25(18(3)13-16)26-21-10-8-19(27(4)5)14-23(21)29-24-15-20(28(6)7)9-11-22(24)26/h8-15H,1-7H3/q+1. The van der Waals surface area contributed by atoms with Gasteiger partial charge in [-0.25, -0.2) is 0 Å². The number of anilines is 1. The van der Waals surface area contributed by atoms with Gasteiger partial charge >= 0.3 is 184 Å². The monoisotopic (exact) mass is 499 g/mol. The van der Waals surface area contributed by atoms with Gasteiger partial charge in [0.15, 0.2) is 0 Å². The maximum absolute atomic E-state index is 2.42. The van der Waals surface area contributed by atoms with Crippen molar-refractivity contribution >= 4 is 34.9 Å². The number of hydrogen-bond donors (Lipinski definition) is 0. The van der Waals surface area contributed by atoms with E-state index in [2.05, 4.69) is 107 Å². The molecule has 0 spiro atoms. The topological polar surface area (TPSA) is 6.25 Å². The van der Waals surface area contributed by atoms with Gasteiger partial charge in [-0.05, 0) is 0 Å². The molecule has 0 unspecified atom stereocenters. The Morgan fingerprint density at radius 1 is 0.793 bits per heavy atom. The molecule has 0 fully saturated rings. The van der Waals surface area contributed by atoms with Crippen molar-refractivity contribution in [1.82, 2.24) is 4.58 Å². The van der Waals surface area contributed by atoms with Gasteiger partial charge in [0.1, 0.15) is 0 Å². The third-order valence-corrected chi connectivity index (χ3v) is 8.83. The summed E-state index contributed by atoms with van der Waals surface area (Å²) >= 11 is -0.448. The Labute approximate surface area is 183 Å². The molecule has 0 radical (unpaired) electrons. The summed E-state index contributed by atoms with van der Waals surface area (Å²) in [6.07, 6.45) is 0. The number of benzene rings is 3. The van der Waals surface area contributed by atoms with Gasteiger partial charge in [-0.1, -0.05) is 0 Å². The minimum atomic E-state index is -0.448. The van der Waals surface area contributed by atoms with Crippen molar-refractivity contribution in [3.8, 4) is 20.3 Å².